The number of hydrogen-bond acceptors (Lipinski definition) is 5. The number of nitrogens with one attached hydrogen (secondary N) is 1. The van der Waals surface area contributed by atoms with Gasteiger partial charge in [0.2, 0.25) is 5.91 Å². The summed E-state index contributed by atoms with van der Waals surface area (Å²) in [7, 11) is 0. The quantitative estimate of drug-likeness (QED) is 0.873. The second kappa shape index (κ2) is 7.47. The average molecular weight is 292 g/mol. The van der Waals surface area contributed by atoms with Gasteiger partial charge in [0.25, 0.3) is 0 Å². The third-order valence-electron chi connectivity index (χ3n) is 3.27. The van der Waals surface area contributed by atoms with Crippen molar-refractivity contribution in [1.82, 2.24) is 15.2 Å². The molecule has 1 saturated heterocycles. The molecule has 21 heavy (non-hydrogen) atoms. The number of aromatic nitrogens is 1. The van der Waals surface area contributed by atoms with E-state index in [9.17, 15) is 9.59 Å². The van der Waals surface area contributed by atoms with E-state index in [0.717, 1.165) is 18.9 Å². The Labute approximate surface area is 123 Å². The molecule has 1 aromatic rings. The van der Waals surface area contributed by atoms with E-state index in [1.54, 1.807) is 18.0 Å². The number of ether oxygens (including phenoxy) is 1. The number of rotatable bonds is 4. The first-order valence-corrected chi connectivity index (χ1v) is 7.05. The van der Waals surface area contributed by atoms with E-state index in [-0.39, 0.29) is 12.5 Å². The maximum atomic E-state index is 12.0. The molecule has 7 heteroatoms. The fourth-order valence-corrected chi connectivity index (χ4v) is 2.17. The number of carbonyl (C=O) groups is 2. The molecule has 2 heterocycles. The summed E-state index contributed by atoms with van der Waals surface area (Å²) in [5.74, 6) is 0.831. The third kappa shape index (κ3) is 4.34. The molecule has 0 bridgehead atoms. The van der Waals surface area contributed by atoms with Crippen LogP contribution in [0.2, 0.25) is 0 Å². The van der Waals surface area contributed by atoms with Crippen LogP contribution < -0.4 is 10.2 Å². The van der Waals surface area contributed by atoms with Crippen molar-refractivity contribution in [1.29, 1.82) is 0 Å². The molecule has 7 nitrogen and oxygen atoms in total. The highest BCUT2D eigenvalue weighted by molar-refractivity contribution is 5.82. The first-order chi connectivity index (χ1) is 10.2. The highest BCUT2D eigenvalue weighted by Crippen LogP contribution is 2.12. The van der Waals surface area contributed by atoms with Crippen LogP contribution in [0, 0.1) is 0 Å². The second-order valence-electron chi connectivity index (χ2n) is 4.63. The lowest BCUT2D eigenvalue weighted by atomic mass is 10.3. The van der Waals surface area contributed by atoms with Gasteiger partial charge < -0.3 is 19.9 Å². The van der Waals surface area contributed by atoms with Crippen LogP contribution in [0.1, 0.15) is 6.92 Å². The summed E-state index contributed by atoms with van der Waals surface area (Å²) in [6.07, 6.45) is 1.20. The molecule has 1 aliphatic rings. The number of nitrogens with zero attached hydrogens (tertiary/aromatic N) is 3. The molecule has 0 radical (unpaired) electrons. The molecule has 0 saturated carbocycles. The highest BCUT2D eigenvalue weighted by atomic mass is 16.5. The predicted octanol–water partition coefficient (Wildman–Crippen LogP) is 0.476. The van der Waals surface area contributed by atoms with Crippen LogP contribution in [-0.2, 0) is 9.53 Å². The molecule has 114 valence electrons. The maximum absolute atomic E-state index is 12.0. The number of alkyl carbamates (subject to hydrolysis) is 1. The fourth-order valence-electron chi connectivity index (χ4n) is 2.17. The molecule has 2 amide bonds. The smallest absolute Gasteiger partial charge is 0.407 e. The zero-order chi connectivity index (χ0) is 15.1. The van der Waals surface area contributed by atoms with Crippen LogP contribution in [0.15, 0.2) is 24.4 Å². The molecule has 1 N–H and O–H groups in total. The average Bonchev–Trinajstić information content (AvgIpc) is 2.54. The molecular weight excluding hydrogens is 272 g/mol. The first-order valence-electron chi connectivity index (χ1n) is 7.05. The minimum atomic E-state index is -0.557. The number of pyridine rings is 1. The van der Waals surface area contributed by atoms with Gasteiger partial charge in [0, 0.05) is 32.4 Å². The van der Waals surface area contributed by atoms with E-state index in [2.05, 4.69) is 15.2 Å². The van der Waals surface area contributed by atoms with Crippen molar-refractivity contribution in [3.8, 4) is 0 Å². The van der Waals surface area contributed by atoms with E-state index < -0.39 is 6.09 Å². The van der Waals surface area contributed by atoms with Gasteiger partial charge in [-0.05, 0) is 19.1 Å². The van der Waals surface area contributed by atoms with Crippen molar-refractivity contribution in [2.45, 2.75) is 6.92 Å². The normalized spacial score (nSPS) is 14.7. The Bertz CT molecular complexity index is 472. The topological polar surface area (TPSA) is 74.8 Å². The monoisotopic (exact) mass is 292 g/mol. The summed E-state index contributed by atoms with van der Waals surface area (Å²) < 4.78 is 4.72. The van der Waals surface area contributed by atoms with Crippen LogP contribution in [0.5, 0.6) is 0 Å². The molecule has 0 aromatic carbocycles. The van der Waals surface area contributed by atoms with Crippen molar-refractivity contribution in [3.63, 3.8) is 0 Å². The van der Waals surface area contributed by atoms with Gasteiger partial charge in [-0.25, -0.2) is 9.78 Å². The van der Waals surface area contributed by atoms with E-state index in [0.29, 0.717) is 19.7 Å². The lowest BCUT2D eigenvalue weighted by Gasteiger charge is -2.35. The summed E-state index contributed by atoms with van der Waals surface area (Å²) in [5, 5.41) is 2.45. The molecule has 2 rings (SSSR count). The fraction of sp³-hybridized carbons (Fsp3) is 0.500. The van der Waals surface area contributed by atoms with Crippen LogP contribution in [0.4, 0.5) is 10.6 Å². The largest absolute Gasteiger partial charge is 0.450 e. The Kier molecular flexibility index (Phi) is 5.36. The molecule has 1 aromatic heterocycles. The minimum absolute atomic E-state index is 0.0254. The van der Waals surface area contributed by atoms with E-state index in [4.69, 9.17) is 4.74 Å². The number of carbonyl (C=O) groups excluding carboxylic acids is 2. The van der Waals surface area contributed by atoms with Crippen molar-refractivity contribution in [3.05, 3.63) is 24.4 Å². The van der Waals surface area contributed by atoms with Gasteiger partial charge in [-0.2, -0.15) is 0 Å². The molecule has 1 fully saturated rings. The van der Waals surface area contributed by atoms with Gasteiger partial charge in [0.1, 0.15) is 12.4 Å². The van der Waals surface area contributed by atoms with Gasteiger partial charge in [-0.15, -0.1) is 0 Å². The number of piperazine rings is 1. The molecule has 0 spiro atoms. The molecule has 0 atom stereocenters. The third-order valence-corrected chi connectivity index (χ3v) is 3.27. The zero-order valence-corrected chi connectivity index (χ0v) is 12.1. The number of anilines is 1. The van der Waals surface area contributed by atoms with Gasteiger partial charge in [-0.1, -0.05) is 6.07 Å². The van der Waals surface area contributed by atoms with Crippen LogP contribution >= 0.6 is 0 Å². The second-order valence-corrected chi connectivity index (χ2v) is 4.63. The van der Waals surface area contributed by atoms with Gasteiger partial charge >= 0.3 is 6.09 Å². The van der Waals surface area contributed by atoms with Gasteiger partial charge in [-0.3, -0.25) is 4.79 Å². The summed E-state index contributed by atoms with van der Waals surface area (Å²) in [6, 6.07) is 5.78. The lowest BCUT2D eigenvalue weighted by molar-refractivity contribution is -0.130. The maximum Gasteiger partial charge on any atom is 0.407 e. The van der Waals surface area contributed by atoms with E-state index in [1.807, 2.05) is 18.2 Å². The Morgan fingerprint density at radius 3 is 2.67 bits per heavy atom. The van der Waals surface area contributed by atoms with E-state index in [1.165, 1.54) is 0 Å². The Hall–Kier alpha value is -2.31. The van der Waals surface area contributed by atoms with Crippen LogP contribution in [-0.4, -0.2) is 61.2 Å². The first kappa shape index (κ1) is 15.1. The van der Waals surface area contributed by atoms with Gasteiger partial charge in [0.05, 0.1) is 6.61 Å². The number of amides is 2. The van der Waals surface area contributed by atoms with E-state index >= 15 is 0 Å². The summed E-state index contributed by atoms with van der Waals surface area (Å²) in [5.41, 5.74) is 0. The summed E-state index contributed by atoms with van der Waals surface area (Å²) >= 11 is 0. The predicted molar refractivity (Wildman–Crippen MR) is 78.1 cm³/mol. The van der Waals surface area contributed by atoms with Crippen LogP contribution in [0.3, 0.4) is 0 Å². The van der Waals surface area contributed by atoms with Crippen LogP contribution in [0.25, 0.3) is 0 Å². The van der Waals surface area contributed by atoms with Crippen molar-refractivity contribution >= 4 is 17.8 Å². The molecular formula is C14H20N4O3. The molecule has 1 aliphatic heterocycles. The molecule has 0 unspecified atom stereocenters. The Balaban J connectivity index is 1.76. The van der Waals surface area contributed by atoms with Gasteiger partial charge in [0.15, 0.2) is 0 Å². The zero-order valence-electron chi connectivity index (χ0n) is 12.1. The number of hydrogen-bond donors (Lipinski definition) is 1. The van der Waals surface area contributed by atoms with Crippen molar-refractivity contribution < 1.29 is 14.3 Å². The van der Waals surface area contributed by atoms with Crippen molar-refractivity contribution in [2.75, 3.05) is 44.2 Å². The Morgan fingerprint density at radius 2 is 2.05 bits per heavy atom. The standard InChI is InChI=1S/C14H20N4O3/c1-2-21-14(20)16-11-13(19)18-9-7-17(8-10-18)12-5-3-4-6-15-12/h3-6H,2,7-11H2,1H3,(H,16,20). The SMILES string of the molecule is CCOC(=O)NCC(=O)N1CCN(c2ccccn2)CC1. The highest BCUT2D eigenvalue weighted by Gasteiger charge is 2.21. The molecule has 0 aliphatic carbocycles. The minimum Gasteiger partial charge on any atom is -0.450 e. The van der Waals surface area contributed by atoms with Crippen molar-refractivity contribution in [2.24, 2.45) is 0 Å². The summed E-state index contributed by atoms with van der Waals surface area (Å²) in [4.78, 5) is 31.3. The summed E-state index contributed by atoms with van der Waals surface area (Å²) in [6.45, 7) is 4.72. The lowest BCUT2D eigenvalue weighted by Crippen LogP contribution is -2.51. The Morgan fingerprint density at radius 1 is 1.29 bits per heavy atom.